The van der Waals surface area contributed by atoms with E-state index >= 15 is 0 Å². The minimum atomic E-state index is 0.178. The summed E-state index contributed by atoms with van der Waals surface area (Å²) < 4.78 is 0. The predicted molar refractivity (Wildman–Crippen MR) is 65.1 cm³/mol. The molecule has 0 aromatic heterocycles. The third-order valence-corrected chi connectivity index (χ3v) is 2.67. The zero-order valence-electron chi connectivity index (χ0n) is 9.37. The highest BCUT2D eigenvalue weighted by molar-refractivity contribution is 5.48. The molecule has 1 unspecified atom stereocenters. The first kappa shape index (κ1) is 12.0. The quantitative estimate of drug-likeness (QED) is 0.290. The van der Waals surface area contributed by atoms with Crippen LogP contribution in [0.4, 0.5) is 5.69 Å². The lowest BCUT2D eigenvalue weighted by molar-refractivity contribution is 0.488. The minimum absolute atomic E-state index is 0.178. The molecule has 0 amide bonds. The van der Waals surface area contributed by atoms with Crippen LogP contribution in [-0.4, -0.2) is 0 Å². The first-order valence-corrected chi connectivity index (χ1v) is 5.60. The van der Waals surface area contributed by atoms with Crippen LogP contribution in [0.25, 0.3) is 0 Å². The van der Waals surface area contributed by atoms with E-state index in [1.54, 1.807) is 0 Å². The Morgan fingerprint density at radius 2 is 2.00 bits per heavy atom. The fraction of sp³-hybridized carbons (Fsp3) is 0.500. The van der Waals surface area contributed by atoms with Crippen LogP contribution in [0, 0.1) is 0 Å². The fourth-order valence-corrected chi connectivity index (χ4v) is 1.76. The topological polar surface area (TPSA) is 64.1 Å². The number of unbranched alkanes of at least 4 members (excludes halogenated alkanes) is 2. The summed E-state index contributed by atoms with van der Waals surface area (Å²) in [6.45, 7) is 2.20. The van der Waals surface area contributed by atoms with Gasteiger partial charge in [-0.25, -0.2) is 0 Å². The lowest BCUT2D eigenvalue weighted by atomic mass is 9.99. The van der Waals surface area contributed by atoms with Crippen LogP contribution in [0.15, 0.2) is 24.3 Å². The van der Waals surface area contributed by atoms with Gasteiger partial charge in [0.05, 0.1) is 0 Å². The van der Waals surface area contributed by atoms with Crippen LogP contribution >= 0.6 is 0 Å². The van der Waals surface area contributed by atoms with E-state index in [2.05, 4.69) is 12.3 Å². The van der Waals surface area contributed by atoms with E-state index in [0.29, 0.717) is 0 Å². The Bertz CT molecular complexity index is 286. The largest absolute Gasteiger partial charge is 0.398 e. The number of rotatable bonds is 6. The molecule has 0 bridgehead atoms. The Kier molecular flexibility index (Phi) is 5.15. The van der Waals surface area contributed by atoms with Crippen molar-refractivity contribution in [3.05, 3.63) is 29.8 Å². The monoisotopic (exact) mass is 207 g/mol. The van der Waals surface area contributed by atoms with E-state index in [0.717, 1.165) is 17.7 Å². The summed E-state index contributed by atoms with van der Waals surface area (Å²) in [5, 5.41) is 0. The molecule has 1 atom stereocenters. The normalized spacial score (nSPS) is 12.7. The average molecular weight is 207 g/mol. The molecular weight excluding hydrogens is 186 g/mol. The Labute approximate surface area is 91.8 Å². The highest BCUT2D eigenvalue weighted by Gasteiger charge is 2.11. The van der Waals surface area contributed by atoms with Gasteiger partial charge in [0.2, 0.25) is 0 Å². The van der Waals surface area contributed by atoms with E-state index in [1.165, 1.54) is 19.3 Å². The summed E-state index contributed by atoms with van der Waals surface area (Å²) in [4.78, 5) is 0. The molecule has 84 valence electrons. The van der Waals surface area contributed by atoms with Gasteiger partial charge in [-0.3, -0.25) is 11.3 Å². The van der Waals surface area contributed by atoms with Gasteiger partial charge < -0.3 is 5.73 Å². The van der Waals surface area contributed by atoms with E-state index in [1.807, 2.05) is 24.3 Å². The molecule has 0 aliphatic heterocycles. The highest BCUT2D eigenvalue weighted by Crippen LogP contribution is 2.23. The number of hydrazine groups is 1. The molecule has 1 aromatic rings. The van der Waals surface area contributed by atoms with Crippen molar-refractivity contribution >= 4 is 5.69 Å². The number of anilines is 1. The molecular formula is C12H21N3. The SMILES string of the molecule is CCCCCC(NN)c1ccccc1N. The van der Waals surface area contributed by atoms with Gasteiger partial charge in [-0.2, -0.15) is 0 Å². The average Bonchev–Trinajstić information content (AvgIpc) is 2.26. The van der Waals surface area contributed by atoms with Gasteiger partial charge in [-0.1, -0.05) is 44.4 Å². The zero-order valence-corrected chi connectivity index (χ0v) is 9.37. The second kappa shape index (κ2) is 6.43. The van der Waals surface area contributed by atoms with Gasteiger partial charge in [0.1, 0.15) is 0 Å². The second-order valence-electron chi connectivity index (χ2n) is 3.84. The third-order valence-electron chi connectivity index (χ3n) is 2.67. The van der Waals surface area contributed by atoms with Crippen LogP contribution < -0.4 is 17.0 Å². The standard InChI is InChI=1S/C12H21N3/c1-2-3-4-9-12(15-14)10-7-5-6-8-11(10)13/h5-8,12,15H,2-4,9,13-14H2,1H3. The second-order valence-corrected chi connectivity index (χ2v) is 3.84. The molecule has 0 aliphatic rings. The van der Waals surface area contributed by atoms with Crippen LogP contribution in [0.1, 0.15) is 44.2 Å². The summed E-state index contributed by atoms with van der Waals surface area (Å²) in [5.41, 5.74) is 10.7. The van der Waals surface area contributed by atoms with Gasteiger partial charge >= 0.3 is 0 Å². The number of nitrogen functional groups attached to an aromatic ring is 1. The molecule has 0 saturated heterocycles. The number of hydrogen-bond acceptors (Lipinski definition) is 3. The van der Waals surface area contributed by atoms with Crippen LogP contribution in [0.5, 0.6) is 0 Å². The molecule has 0 spiro atoms. The van der Waals surface area contributed by atoms with Gasteiger partial charge in [-0.05, 0) is 18.1 Å². The molecule has 0 radical (unpaired) electrons. The molecule has 0 aliphatic carbocycles. The Balaban J connectivity index is 2.61. The lowest BCUT2D eigenvalue weighted by Gasteiger charge is -2.17. The zero-order chi connectivity index (χ0) is 11.1. The van der Waals surface area contributed by atoms with Crippen molar-refractivity contribution in [2.45, 2.75) is 38.6 Å². The molecule has 1 aromatic carbocycles. The minimum Gasteiger partial charge on any atom is -0.398 e. The molecule has 15 heavy (non-hydrogen) atoms. The molecule has 0 saturated carbocycles. The summed E-state index contributed by atoms with van der Waals surface area (Å²) in [5.74, 6) is 5.55. The maximum atomic E-state index is 5.91. The van der Waals surface area contributed by atoms with Crippen molar-refractivity contribution in [3.8, 4) is 0 Å². The predicted octanol–water partition coefficient (Wildman–Crippen LogP) is 2.35. The van der Waals surface area contributed by atoms with Crippen LogP contribution in [0.3, 0.4) is 0 Å². The summed E-state index contributed by atoms with van der Waals surface area (Å²) in [6.07, 6.45) is 4.69. The smallest absolute Gasteiger partial charge is 0.0480 e. The Hall–Kier alpha value is -1.06. The molecule has 1 rings (SSSR count). The molecule has 3 nitrogen and oxygen atoms in total. The number of nitrogens with one attached hydrogen (secondary N) is 1. The van der Waals surface area contributed by atoms with Crippen molar-refractivity contribution in [2.75, 3.05) is 5.73 Å². The number of benzene rings is 1. The number of nitrogens with two attached hydrogens (primary N) is 2. The van der Waals surface area contributed by atoms with Gasteiger partial charge in [-0.15, -0.1) is 0 Å². The lowest BCUT2D eigenvalue weighted by Crippen LogP contribution is -2.28. The van der Waals surface area contributed by atoms with Crippen molar-refractivity contribution in [3.63, 3.8) is 0 Å². The molecule has 3 heteroatoms. The van der Waals surface area contributed by atoms with Crippen LogP contribution in [-0.2, 0) is 0 Å². The summed E-state index contributed by atoms with van der Waals surface area (Å²) >= 11 is 0. The van der Waals surface area contributed by atoms with Gasteiger partial charge in [0, 0.05) is 11.7 Å². The fourth-order valence-electron chi connectivity index (χ4n) is 1.76. The first-order chi connectivity index (χ1) is 7.29. The van der Waals surface area contributed by atoms with Gasteiger partial charge in [0.25, 0.3) is 0 Å². The highest BCUT2D eigenvalue weighted by atomic mass is 15.2. The van der Waals surface area contributed by atoms with E-state index in [9.17, 15) is 0 Å². The number of hydrogen-bond donors (Lipinski definition) is 3. The molecule has 0 heterocycles. The first-order valence-electron chi connectivity index (χ1n) is 5.60. The van der Waals surface area contributed by atoms with Crippen molar-refractivity contribution in [1.29, 1.82) is 0 Å². The van der Waals surface area contributed by atoms with Crippen molar-refractivity contribution in [2.24, 2.45) is 5.84 Å². The third kappa shape index (κ3) is 3.53. The van der Waals surface area contributed by atoms with Crippen molar-refractivity contribution in [1.82, 2.24) is 5.43 Å². The Morgan fingerprint density at radius 1 is 1.27 bits per heavy atom. The van der Waals surface area contributed by atoms with E-state index in [4.69, 9.17) is 11.6 Å². The molecule has 5 N–H and O–H groups in total. The van der Waals surface area contributed by atoms with Gasteiger partial charge in [0.15, 0.2) is 0 Å². The maximum Gasteiger partial charge on any atom is 0.0480 e. The van der Waals surface area contributed by atoms with E-state index in [-0.39, 0.29) is 6.04 Å². The van der Waals surface area contributed by atoms with Crippen molar-refractivity contribution < 1.29 is 0 Å². The Morgan fingerprint density at radius 3 is 2.60 bits per heavy atom. The summed E-state index contributed by atoms with van der Waals surface area (Å²) in [6, 6.07) is 8.07. The van der Waals surface area contributed by atoms with E-state index < -0.39 is 0 Å². The maximum absolute atomic E-state index is 5.91. The summed E-state index contributed by atoms with van der Waals surface area (Å²) in [7, 11) is 0. The molecule has 0 fully saturated rings. The van der Waals surface area contributed by atoms with Crippen LogP contribution in [0.2, 0.25) is 0 Å². The number of para-hydroxylation sites is 1.